The Kier molecular flexibility index (Phi) is 4.06. The number of aromatic nitrogens is 3. The minimum atomic E-state index is 0.688. The first-order valence-corrected chi connectivity index (χ1v) is 7.52. The molecule has 0 aliphatic carbocycles. The van der Waals surface area contributed by atoms with Crippen LogP contribution in [0.5, 0.6) is 0 Å². The van der Waals surface area contributed by atoms with Crippen LogP contribution in [0, 0.1) is 6.92 Å². The molecule has 0 fully saturated rings. The lowest BCUT2D eigenvalue weighted by molar-refractivity contribution is 0.923. The molecular weight excluding hydrogens is 284 g/mol. The van der Waals surface area contributed by atoms with Gasteiger partial charge in [0.05, 0.1) is 5.69 Å². The Morgan fingerprint density at radius 2 is 2.19 bits per heavy atom. The van der Waals surface area contributed by atoms with Crippen molar-refractivity contribution >= 4 is 28.6 Å². The number of alkyl halides is 1. The molecule has 4 nitrogen and oxygen atoms in total. The van der Waals surface area contributed by atoms with Crippen molar-refractivity contribution in [3.05, 3.63) is 54.0 Å². The number of hydrogen-bond donors (Lipinski definition) is 1. The summed E-state index contributed by atoms with van der Waals surface area (Å²) in [7, 11) is 0. The molecule has 0 spiro atoms. The number of benzene rings is 1. The number of anilines is 2. The SMILES string of the molecule is Cc1cc2c(Nc3cccc(CCCCl)c3)nccn2n1. The fourth-order valence-corrected chi connectivity index (χ4v) is 2.49. The Balaban J connectivity index is 1.88. The van der Waals surface area contributed by atoms with E-state index in [0.717, 1.165) is 35.6 Å². The van der Waals surface area contributed by atoms with Crippen molar-refractivity contribution < 1.29 is 0 Å². The average molecular weight is 301 g/mol. The molecule has 0 unspecified atom stereocenters. The molecule has 0 saturated carbocycles. The highest BCUT2D eigenvalue weighted by molar-refractivity contribution is 6.17. The molecule has 3 rings (SSSR count). The highest BCUT2D eigenvalue weighted by Gasteiger charge is 2.06. The molecule has 108 valence electrons. The van der Waals surface area contributed by atoms with Gasteiger partial charge >= 0.3 is 0 Å². The molecule has 0 bridgehead atoms. The van der Waals surface area contributed by atoms with E-state index in [1.54, 1.807) is 6.20 Å². The number of fused-ring (bicyclic) bond motifs is 1. The van der Waals surface area contributed by atoms with E-state index in [1.165, 1.54) is 5.56 Å². The lowest BCUT2D eigenvalue weighted by Gasteiger charge is -2.08. The van der Waals surface area contributed by atoms with Gasteiger partial charge in [0.1, 0.15) is 5.52 Å². The van der Waals surface area contributed by atoms with E-state index in [0.29, 0.717) is 5.88 Å². The lowest BCUT2D eigenvalue weighted by atomic mass is 10.1. The molecule has 21 heavy (non-hydrogen) atoms. The number of halogens is 1. The van der Waals surface area contributed by atoms with Gasteiger partial charge in [-0.05, 0) is 43.5 Å². The van der Waals surface area contributed by atoms with E-state index >= 15 is 0 Å². The minimum Gasteiger partial charge on any atom is -0.338 e. The van der Waals surface area contributed by atoms with Gasteiger partial charge in [-0.15, -0.1) is 11.6 Å². The van der Waals surface area contributed by atoms with Crippen LogP contribution in [0.2, 0.25) is 0 Å². The monoisotopic (exact) mass is 300 g/mol. The van der Waals surface area contributed by atoms with Gasteiger partial charge in [0.15, 0.2) is 5.82 Å². The predicted molar refractivity (Wildman–Crippen MR) is 86.5 cm³/mol. The summed E-state index contributed by atoms with van der Waals surface area (Å²) in [6.07, 6.45) is 5.58. The summed E-state index contributed by atoms with van der Waals surface area (Å²) < 4.78 is 1.84. The van der Waals surface area contributed by atoms with Gasteiger partial charge in [-0.3, -0.25) is 0 Å². The van der Waals surface area contributed by atoms with E-state index in [4.69, 9.17) is 11.6 Å². The smallest absolute Gasteiger partial charge is 0.156 e. The molecule has 0 saturated heterocycles. The zero-order valence-electron chi connectivity index (χ0n) is 11.9. The van der Waals surface area contributed by atoms with Crippen LogP contribution in [-0.4, -0.2) is 20.5 Å². The predicted octanol–water partition coefficient (Wildman–Crippen LogP) is 3.95. The maximum absolute atomic E-state index is 5.75. The number of nitrogens with zero attached hydrogens (tertiary/aromatic N) is 3. The molecule has 0 radical (unpaired) electrons. The van der Waals surface area contributed by atoms with E-state index in [1.807, 2.05) is 35.8 Å². The van der Waals surface area contributed by atoms with Crippen molar-refractivity contribution in [3.63, 3.8) is 0 Å². The van der Waals surface area contributed by atoms with Crippen molar-refractivity contribution in [2.45, 2.75) is 19.8 Å². The molecule has 0 aliphatic rings. The third kappa shape index (κ3) is 3.16. The van der Waals surface area contributed by atoms with Crippen LogP contribution in [0.25, 0.3) is 5.52 Å². The van der Waals surface area contributed by atoms with E-state index in [9.17, 15) is 0 Å². The molecule has 2 heterocycles. The highest BCUT2D eigenvalue weighted by Crippen LogP contribution is 2.21. The topological polar surface area (TPSA) is 42.2 Å². The first kappa shape index (κ1) is 13.9. The van der Waals surface area contributed by atoms with Gasteiger partial charge in [-0.2, -0.15) is 5.10 Å². The molecule has 1 N–H and O–H groups in total. The molecule has 0 amide bonds. The summed E-state index contributed by atoms with van der Waals surface area (Å²) in [6.45, 7) is 1.98. The zero-order valence-corrected chi connectivity index (χ0v) is 12.6. The third-order valence-corrected chi connectivity index (χ3v) is 3.57. The summed E-state index contributed by atoms with van der Waals surface area (Å²) in [5.74, 6) is 1.50. The average Bonchev–Trinajstić information content (AvgIpc) is 2.87. The summed E-state index contributed by atoms with van der Waals surface area (Å²) in [6, 6.07) is 10.4. The van der Waals surface area contributed by atoms with Crippen LogP contribution >= 0.6 is 11.6 Å². The van der Waals surface area contributed by atoms with Crippen LogP contribution in [0.1, 0.15) is 17.7 Å². The number of rotatable bonds is 5. The van der Waals surface area contributed by atoms with Gasteiger partial charge in [0.25, 0.3) is 0 Å². The summed E-state index contributed by atoms with van der Waals surface area (Å²) in [4.78, 5) is 4.41. The van der Waals surface area contributed by atoms with Crippen LogP contribution in [0.3, 0.4) is 0 Å². The molecule has 1 aromatic carbocycles. The quantitative estimate of drug-likeness (QED) is 0.725. The molecule has 2 aromatic heterocycles. The number of hydrogen-bond acceptors (Lipinski definition) is 3. The van der Waals surface area contributed by atoms with Crippen LogP contribution in [-0.2, 0) is 6.42 Å². The van der Waals surface area contributed by atoms with Crippen LogP contribution < -0.4 is 5.32 Å². The van der Waals surface area contributed by atoms with Crippen molar-refractivity contribution in [2.24, 2.45) is 0 Å². The Morgan fingerprint density at radius 3 is 3.05 bits per heavy atom. The Morgan fingerprint density at radius 1 is 1.29 bits per heavy atom. The van der Waals surface area contributed by atoms with E-state index < -0.39 is 0 Å². The zero-order chi connectivity index (χ0) is 14.7. The Labute approximate surface area is 128 Å². The van der Waals surface area contributed by atoms with Gasteiger partial charge in [-0.1, -0.05) is 12.1 Å². The van der Waals surface area contributed by atoms with E-state index in [2.05, 4.69) is 27.5 Å². The summed E-state index contributed by atoms with van der Waals surface area (Å²) >= 11 is 5.75. The maximum Gasteiger partial charge on any atom is 0.156 e. The van der Waals surface area contributed by atoms with Crippen molar-refractivity contribution in [2.75, 3.05) is 11.2 Å². The van der Waals surface area contributed by atoms with Crippen molar-refractivity contribution in [1.29, 1.82) is 0 Å². The van der Waals surface area contributed by atoms with Gasteiger partial charge in [0.2, 0.25) is 0 Å². The second kappa shape index (κ2) is 6.14. The van der Waals surface area contributed by atoms with E-state index in [-0.39, 0.29) is 0 Å². The second-order valence-electron chi connectivity index (χ2n) is 5.01. The van der Waals surface area contributed by atoms with Gasteiger partial charge < -0.3 is 5.32 Å². The van der Waals surface area contributed by atoms with Gasteiger partial charge in [-0.25, -0.2) is 9.50 Å². The molecule has 3 aromatic rings. The van der Waals surface area contributed by atoms with Crippen LogP contribution in [0.15, 0.2) is 42.7 Å². The molecule has 0 atom stereocenters. The maximum atomic E-state index is 5.75. The third-order valence-electron chi connectivity index (χ3n) is 3.30. The molecule has 5 heteroatoms. The fourth-order valence-electron chi connectivity index (χ4n) is 2.35. The fraction of sp³-hybridized carbons (Fsp3) is 0.250. The minimum absolute atomic E-state index is 0.688. The normalized spacial score (nSPS) is 11.0. The molecule has 0 aliphatic heterocycles. The summed E-state index contributed by atoms with van der Waals surface area (Å²) in [5.41, 5.74) is 4.25. The Hall–Kier alpha value is -2.07. The Bertz CT molecular complexity index is 751. The highest BCUT2D eigenvalue weighted by atomic mass is 35.5. The second-order valence-corrected chi connectivity index (χ2v) is 5.39. The molecular formula is C16H17ClN4. The van der Waals surface area contributed by atoms with Crippen molar-refractivity contribution in [1.82, 2.24) is 14.6 Å². The van der Waals surface area contributed by atoms with Crippen molar-refractivity contribution in [3.8, 4) is 0 Å². The van der Waals surface area contributed by atoms with Crippen LogP contribution in [0.4, 0.5) is 11.5 Å². The number of nitrogens with one attached hydrogen (secondary N) is 1. The summed E-state index contributed by atoms with van der Waals surface area (Å²) in [5, 5.41) is 7.77. The number of aryl methyl sites for hydroxylation is 2. The standard InChI is InChI=1S/C16H17ClN4/c1-12-10-15-16(18-8-9-21(15)20-12)19-14-6-2-4-13(11-14)5-3-7-17/h2,4,6,8-11H,3,5,7H2,1H3,(H,18,19). The first-order chi connectivity index (χ1) is 10.3. The van der Waals surface area contributed by atoms with Gasteiger partial charge in [0, 0.05) is 24.0 Å². The first-order valence-electron chi connectivity index (χ1n) is 6.99. The largest absolute Gasteiger partial charge is 0.338 e. The lowest BCUT2D eigenvalue weighted by Crippen LogP contribution is -1.98.